The Morgan fingerprint density at radius 3 is 0.984 bits per heavy atom. The molecule has 4 heteroatoms. The first-order valence-electron chi connectivity index (χ1n) is 21.2. The second-order valence-corrected chi connectivity index (χ2v) is 16.8. The highest BCUT2D eigenvalue weighted by atomic mass is 15.2. The van der Waals surface area contributed by atoms with Gasteiger partial charge >= 0.3 is 0 Å². The molecule has 1 spiro atoms. The molecule has 0 unspecified atom stereocenters. The molecular weight excluding hydrogens is 741 g/mol. The molecule has 0 bridgehead atoms. The van der Waals surface area contributed by atoms with Gasteiger partial charge in [0.1, 0.15) is 0 Å². The van der Waals surface area contributed by atoms with Crippen molar-refractivity contribution in [2.75, 3.05) is 47.8 Å². The van der Waals surface area contributed by atoms with Gasteiger partial charge in [-0.25, -0.2) is 0 Å². The summed E-state index contributed by atoms with van der Waals surface area (Å²) in [4.78, 5) is 9.19. The van der Waals surface area contributed by atoms with Gasteiger partial charge in [0, 0.05) is 28.2 Å². The molecule has 0 saturated heterocycles. The molecule has 0 atom stereocenters. The molecule has 0 aromatic heterocycles. The van der Waals surface area contributed by atoms with Crippen LogP contribution in [0.4, 0.5) is 45.5 Å². The molecule has 0 fully saturated rings. The molecule has 2 aliphatic heterocycles. The summed E-state index contributed by atoms with van der Waals surface area (Å²) >= 11 is 0. The van der Waals surface area contributed by atoms with Crippen molar-refractivity contribution in [3.63, 3.8) is 0 Å². The number of rotatable bonds is 4. The Bertz CT molecular complexity index is 2970. The number of anilines is 8. The van der Waals surface area contributed by atoms with Crippen LogP contribution in [0.5, 0.6) is 0 Å². The fourth-order valence-electron chi connectivity index (χ4n) is 10.7. The fraction of sp³-hybridized carbons (Fsp3) is 0.0877. The maximum absolute atomic E-state index is 2.45. The van der Waals surface area contributed by atoms with Crippen molar-refractivity contribution in [3.05, 3.63) is 214 Å². The smallest absolute Gasteiger partial charge is 0.0725 e. The highest BCUT2D eigenvalue weighted by Crippen LogP contribution is 2.63. The molecule has 12 rings (SSSR count). The Hall–Kier alpha value is -7.56. The molecule has 8 aromatic rings. The van der Waals surface area contributed by atoms with Crippen molar-refractivity contribution >= 4 is 69.8 Å². The topological polar surface area (TPSA) is 13.0 Å². The van der Waals surface area contributed by atoms with Gasteiger partial charge in [-0.2, -0.15) is 0 Å². The van der Waals surface area contributed by atoms with Crippen molar-refractivity contribution in [2.45, 2.75) is 5.41 Å². The van der Waals surface area contributed by atoms with Crippen molar-refractivity contribution < 1.29 is 0 Å². The summed E-state index contributed by atoms with van der Waals surface area (Å²) < 4.78 is 0. The van der Waals surface area contributed by atoms with E-state index in [1.54, 1.807) is 0 Å². The number of benzene rings is 8. The van der Waals surface area contributed by atoms with Gasteiger partial charge < -0.3 is 19.6 Å². The number of hydrogen-bond donors (Lipinski definition) is 0. The minimum absolute atomic E-state index is 0.440. The molecule has 0 radical (unpaired) electrons. The lowest BCUT2D eigenvalue weighted by atomic mass is 9.70. The van der Waals surface area contributed by atoms with Crippen molar-refractivity contribution in [1.29, 1.82) is 0 Å². The van der Waals surface area contributed by atoms with E-state index >= 15 is 0 Å². The van der Waals surface area contributed by atoms with Crippen LogP contribution in [-0.4, -0.2) is 28.2 Å². The Morgan fingerprint density at radius 2 is 0.574 bits per heavy atom. The van der Waals surface area contributed by atoms with Crippen molar-refractivity contribution in [2.24, 2.45) is 0 Å². The summed E-state index contributed by atoms with van der Waals surface area (Å²) in [6.07, 6.45) is 9.10. The van der Waals surface area contributed by atoms with Gasteiger partial charge in [-0.15, -0.1) is 0 Å². The van der Waals surface area contributed by atoms with E-state index in [0.717, 1.165) is 0 Å². The van der Waals surface area contributed by atoms with E-state index in [0.29, 0.717) is 0 Å². The van der Waals surface area contributed by atoms with Crippen LogP contribution in [0, 0.1) is 0 Å². The molecule has 0 amide bonds. The average molecular weight is 785 g/mol. The highest BCUT2D eigenvalue weighted by Gasteiger charge is 2.51. The zero-order valence-electron chi connectivity index (χ0n) is 34.8. The van der Waals surface area contributed by atoms with Gasteiger partial charge in [0.25, 0.3) is 0 Å². The van der Waals surface area contributed by atoms with E-state index in [4.69, 9.17) is 0 Å². The van der Waals surface area contributed by atoms with E-state index in [2.05, 4.69) is 242 Å². The molecule has 2 aliphatic carbocycles. The van der Waals surface area contributed by atoms with E-state index in [9.17, 15) is 0 Å². The summed E-state index contributed by atoms with van der Waals surface area (Å²) in [6, 6.07) is 63.1. The molecule has 4 nitrogen and oxygen atoms in total. The van der Waals surface area contributed by atoms with Gasteiger partial charge in [0.2, 0.25) is 0 Å². The molecule has 0 saturated carbocycles. The fourth-order valence-corrected chi connectivity index (χ4v) is 10.7. The normalized spacial score (nSPS) is 14.8. The van der Waals surface area contributed by atoms with Crippen LogP contribution in [0.25, 0.3) is 46.6 Å². The largest absolute Gasteiger partial charge is 0.341 e. The second-order valence-electron chi connectivity index (χ2n) is 16.8. The van der Waals surface area contributed by atoms with Crippen LogP contribution < -0.4 is 19.6 Å². The molecule has 8 aromatic carbocycles. The summed E-state index contributed by atoms with van der Waals surface area (Å²) in [7, 11) is 8.64. The molecular formula is C57H44N4. The first-order chi connectivity index (χ1) is 29.9. The monoisotopic (exact) mass is 784 g/mol. The zero-order chi connectivity index (χ0) is 41.0. The number of hydrogen-bond acceptors (Lipinski definition) is 4. The third-order valence-electron chi connectivity index (χ3n) is 13.7. The first kappa shape index (κ1) is 35.4. The highest BCUT2D eigenvalue weighted by molar-refractivity contribution is 5.98. The van der Waals surface area contributed by atoms with Crippen molar-refractivity contribution in [1.82, 2.24) is 0 Å². The minimum atomic E-state index is -0.440. The molecule has 0 N–H and O–H groups in total. The van der Waals surface area contributed by atoms with Gasteiger partial charge in [-0.05, 0) is 127 Å². The van der Waals surface area contributed by atoms with Crippen LogP contribution in [0.2, 0.25) is 0 Å². The van der Waals surface area contributed by atoms with Crippen molar-refractivity contribution in [3.8, 4) is 22.3 Å². The predicted molar refractivity (Wildman–Crippen MR) is 259 cm³/mol. The Balaban J connectivity index is 0.941. The lowest BCUT2D eigenvalue weighted by Crippen LogP contribution is -2.26. The first-order valence-corrected chi connectivity index (χ1v) is 21.2. The lowest BCUT2D eigenvalue weighted by Gasteiger charge is -2.36. The summed E-state index contributed by atoms with van der Waals surface area (Å²) in [5.74, 6) is 0. The standard InChI is InChI=1S/C57H44N4/c1-58-49-17-9-11-19-51(49)60(3)55-35-39(27-31-53(55)58)23-21-37-25-29-43-44-30-26-38(22-24-40-28-32-54-56(36-40)61(4)52-20-12-10-18-50(52)59(54)2)34-48(44)57(47(43)33-37)45-15-7-5-13-41(45)42-14-6-8-16-46(42)57/h5-36H,1-4H3/b23-21+,24-22+. The maximum Gasteiger partial charge on any atom is 0.0725 e. The van der Waals surface area contributed by atoms with Crippen LogP contribution in [0.1, 0.15) is 44.5 Å². The molecule has 2 heterocycles. The maximum atomic E-state index is 2.45. The average Bonchev–Trinajstić information content (AvgIpc) is 3.77. The third kappa shape index (κ3) is 5.06. The summed E-state index contributed by atoms with van der Waals surface area (Å²) in [6.45, 7) is 0. The number of fused-ring (bicyclic) bond motifs is 14. The number of para-hydroxylation sites is 4. The number of nitrogens with zero attached hydrogens (tertiary/aromatic N) is 4. The zero-order valence-corrected chi connectivity index (χ0v) is 34.8. The van der Waals surface area contributed by atoms with E-state index < -0.39 is 5.41 Å². The molecule has 4 aliphatic rings. The Labute approximate surface area is 358 Å². The Kier molecular flexibility index (Phi) is 7.67. The lowest BCUT2D eigenvalue weighted by molar-refractivity contribution is 0.793. The second kappa shape index (κ2) is 13.2. The van der Waals surface area contributed by atoms with E-state index in [-0.39, 0.29) is 0 Å². The third-order valence-corrected chi connectivity index (χ3v) is 13.7. The van der Waals surface area contributed by atoms with Gasteiger partial charge in [0.15, 0.2) is 0 Å². The summed E-state index contributed by atoms with van der Waals surface area (Å²) in [5.41, 5.74) is 24.6. The Morgan fingerprint density at radius 1 is 0.279 bits per heavy atom. The molecule has 61 heavy (non-hydrogen) atoms. The van der Waals surface area contributed by atoms with Gasteiger partial charge in [-0.3, -0.25) is 0 Å². The SMILES string of the molecule is CN1c2ccccc2N(C)c2cc(/C=C/c3ccc4c(c3)C3(c5ccccc5-c5ccccc53)c3cc(/C=C/c5ccc6c(c5)N(C)c5ccccc5N6C)ccc3-4)ccc21. The van der Waals surface area contributed by atoms with Crippen LogP contribution in [0.15, 0.2) is 170 Å². The van der Waals surface area contributed by atoms with Crippen LogP contribution >= 0.6 is 0 Å². The summed E-state index contributed by atoms with van der Waals surface area (Å²) in [5, 5.41) is 0. The van der Waals surface area contributed by atoms with Crippen LogP contribution in [-0.2, 0) is 5.41 Å². The minimum Gasteiger partial charge on any atom is -0.341 e. The van der Waals surface area contributed by atoms with E-state index in [1.165, 1.54) is 112 Å². The van der Waals surface area contributed by atoms with Gasteiger partial charge in [-0.1, -0.05) is 133 Å². The van der Waals surface area contributed by atoms with Gasteiger partial charge in [0.05, 0.1) is 50.9 Å². The van der Waals surface area contributed by atoms with Crippen LogP contribution in [0.3, 0.4) is 0 Å². The van der Waals surface area contributed by atoms with E-state index in [1.807, 2.05) is 0 Å². The quantitative estimate of drug-likeness (QED) is 0.165. The predicted octanol–water partition coefficient (Wildman–Crippen LogP) is 14.1. The molecule has 292 valence electrons.